The van der Waals surface area contributed by atoms with Crippen LogP contribution < -0.4 is 24.4 Å². The highest BCUT2D eigenvalue weighted by Crippen LogP contribution is 2.44. The summed E-state index contributed by atoms with van der Waals surface area (Å²) in [4.78, 5) is 26.7. The van der Waals surface area contributed by atoms with Gasteiger partial charge in [-0.3, -0.25) is 14.5 Å². The Bertz CT molecular complexity index is 999. The highest BCUT2D eigenvalue weighted by molar-refractivity contribution is 6.02. The molecule has 0 unspecified atom stereocenters. The summed E-state index contributed by atoms with van der Waals surface area (Å²) in [6.07, 6.45) is 4.26. The molecule has 7 heteroatoms. The lowest BCUT2D eigenvalue weighted by Gasteiger charge is -2.32. The van der Waals surface area contributed by atoms with Gasteiger partial charge in [0.25, 0.3) is 5.91 Å². The molecule has 7 nitrogen and oxygen atoms in total. The zero-order chi connectivity index (χ0) is 21.3. The third-order valence-corrected chi connectivity index (χ3v) is 6.45. The molecule has 2 aromatic rings. The molecule has 3 aliphatic rings. The maximum absolute atomic E-state index is 12.8. The third-order valence-electron chi connectivity index (χ3n) is 6.45. The van der Waals surface area contributed by atoms with Gasteiger partial charge in [-0.1, -0.05) is 31.0 Å². The van der Waals surface area contributed by atoms with Gasteiger partial charge in [-0.05, 0) is 42.7 Å². The first-order valence-electron chi connectivity index (χ1n) is 10.8. The average molecular weight is 422 g/mol. The number of carbonyl (C=O) groups is 2. The molecule has 1 N–H and O–H groups in total. The van der Waals surface area contributed by atoms with Gasteiger partial charge in [0.2, 0.25) is 5.91 Å². The molecule has 0 atom stereocenters. The summed E-state index contributed by atoms with van der Waals surface area (Å²) in [5, 5.41) is 3.10. The van der Waals surface area contributed by atoms with Crippen LogP contribution in [0.2, 0.25) is 0 Å². The third kappa shape index (κ3) is 3.80. The second kappa shape index (κ2) is 8.13. The fraction of sp³-hybridized carbons (Fsp3) is 0.417. The number of rotatable bonds is 5. The van der Waals surface area contributed by atoms with E-state index in [1.54, 1.807) is 6.07 Å². The first-order chi connectivity index (χ1) is 15.1. The number of nitrogens with one attached hydrogen (secondary N) is 1. The summed E-state index contributed by atoms with van der Waals surface area (Å²) in [5.41, 5.74) is 1.68. The van der Waals surface area contributed by atoms with Crippen molar-refractivity contribution in [3.8, 4) is 17.2 Å². The highest BCUT2D eigenvalue weighted by atomic mass is 16.6. The number of hydrogen-bond acceptors (Lipinski definition) is 5. The monoisotopic (exact) mass is 422 g/mol. The predicted molar refractivity (Wildman–Crippen MR) is 115 cm³/mol. The van der Waals surface area contributed by atoms with E-state index >= 15 is 0 Å². The topological polar surface area (TPSA) is 77.1 Å². The lowest BCUT2D eigenvalue weighted by molar-refractivity contribution is -0.125. The number of para-hydroxylation sites is 2. The van der Waals surface area contributed by atoms with E-state index in [1.165, 1.54) is 10.5 Å². The molecule has 1 saturated carbocycles. The molecule has 1 aliphatic carbocycles. The number of benzene rings is 2. The highest BCUT2D eigenvalue weighted by Gasteiger charge is 2.37. The number of nitrogens with zero attached hydrogens (tertiary/aromatic N) is 1. The molecule has 31 heavy (non-hydrogen) atoms. The Balaban J connectivity index is 1.30. The number of hydrogen-bond donors (Lipinski definition) is 1. The van der Waals surface area contributed by atoms with Gasteiger partial charge >= 0.3 is 0 Å². The Labute approximate surface area is 181 Å². The van der Waals surface area contributed by atoms with Crippen LogP contribution in [0, 0.1) is 0 Å². The van der Waals surface area contributed by atoms with Crippen LogP contribution in [0.3, 0.4) is 0 Å². The van der Waals surface area contributed by atoms with Crippen molar-refractivity contribution >= 4 is 17.5 Å². The van der Waals surface area contributed by atoms with Gasteiger partial charge in [-0.15, -0.1) is 0 Å². The average Bonchev–Trinajstić information content (AvgIpc) is 3.29. The Hall–Kier alpha value is -3.22. The van der Waals surface area contributed by atoms with Crippen molar-refractivity contribution in [3.05, 3.63) is 48.0 Å². The van der Waals surface area contributed by atoms with Gasteiger partial charge < -0.3 is 19.5 Å². The molecular formula is C24H26N2O5. The second-order valence-corrected chi connectivity index (χ2v) is 8.36. The van der Waals surface area contributed by atoms with Gasteiger partial charge in [0.1, 0.15) is 25.5 Å². The normalized spacial score (nSPS) is 18.8. The zero-order valence-corrected chi connectivity index (χ0v) is 17.4. The molecule has 5 rings (SSSR count). The fourth-order valence-electron chi connectivity index (χ4n) is 4.79. The molecule has 2 aromatic carbocycles. The van der Waals surface area contributed by atoms with Crippen LogP contribution in [0.1, 0.15) is 31.2 Å². The second-order valence-electron chi connectivity index (χ2n) is 8.36. The van der Waals surface area contributed by atoms with Crippen molar-refractivity contribution in [3.63, 3.8) is 0 Å². The van der Waals surface area contributed by atoms with Crippen LogP contribution in [-0.4, -0.2) is 44.7 Å². The zero-order valence-electron chi connectivity index (χ0n) is 17.4. The lowest BCUT2D eigenvalue weighted by Crippen LogP contribution is -2.47. The van der Waals surface area contributed by atoms with E-state index in [4.69, 9.17) is 14.2 Å². The number of anilines is 1. The quantitative estimate of drug-likeness (QED) is 0.802. The van der Waals surface area contributed by atoms with Gasteiger partial charge in [-0.2, -0.15) is 0 Å². The van der Waals surface area contributed by atoms with E-state index in [0.717, 1.165) is 37.2 Å². The van der Waals surface area contributed by atoms with E-state index in [-0.39, 0.29) is 30.4 Å². The van der Waals surface area contributed by atoms with Crippen molar-refractivity contribution in [2.75, 3.05) is 37.8 Å². The maximum atomic E-state index is 12.8. The van der Waals surface area contributed by atoms with Crippen LogP contribution in [0.15, 0.2) is 42.5 Å². The van der Waals surface area contributed by atoms with Crippen LogP contribution >= 0.6 is 0 Å². The van der Waals surface area contributed by atoms with E-state index in [0.29, 0.717) is 31.2 Å². The van der Waals surface area contributed by atoms with Crippen molar-refractivity contribution in [2.45, 2.75) is 31.1 Å². The van der Waals surface area contributed by atoms with Crippen LogP contribution in [-0.2, 0) is 15.0 Å². The Morgan fingerprint density at radius 3 is 2.58 bits per heavy atom. The summed E-state index contributed by atoms with van der Waals surface area (Å²) >= 11 is 0. The molecule has 0 bridgehead atoms. The Morgan fingerprint density at radius 2 is 1.74 bits per heavy atom. The van der Waals surface area contributed by atoms with Crippen molar-refractivity contribution < 1.29 is 23.8 Å². The predicted octanol–water partition coefficient (Wildman–Crippen LogP) is 2.81. The van der Waals surface area contributed by atoms with Crippen molar-refractivity contribution in [1.82, 2.24) is 5.32 Å². The standard InChI is InChI=1S/C24H26N2O5/c27-22(14-26-18-5-1-2-6-19(18)31-15-23(26)28)25-16-24(9-3-4-10-24)17-7-8-20-21(13-17)30-12-11-29-20/h1-2,5-8,13H,3-4,9-12,14-16H2,(H,25,27). The number of ether oxygens (including phenoxy) is 3. The summed E-state index contributed by atoms with van der Waals surface area (Å²) in [6.45, 7) is 1.58. The molecule has 2 aliphatic heterocycles. The molecular weight excluding hydrogens is 396 g/mol. The van der Waals surface area contributed by atoms with Gasteiger partial charge in [0.05, 0.1) is 5.69 Å². The number of carbonyl (C=O) groups excluding carboxylic acids is 2. The first kappa shape index (κ1) is 19.7. The van der Waals surface area contributed by atoms with E-state index in [1.807, 2.05) is 24.3 Å². The molecule has 0 radical (unpaired) electrons. The summed E-state index contributed by atoms with van der Waals surface area (Å²) in [5.74, 6) is 1.79. The molecule has 0 aromatic heterocycles. The van der Waals surface area contributed by atoms with Crippen molar-refractivity contribution in [2.24, 2.45) is 0 Å². The lowest BCUT2D eigenvalue weighted by atomic mass is 9.78. The molecule has 162 valence electrons. The van der Waals surface area contributed by atoms with Gasteiger partial charge in [0.15, 0.2) is 18.1 Å². The molecule has 0 saturated heterocycles. The molecule has 1 fully saturated rings. The van der Waals surface area contributed by atoms with Crippen LogP contribution in [0.4, 0.5) is 5.69 Å². The molecule has 2 amide bonds. The summed E-state index contributed by atoms with van der Waals surface area (Å²) in [7, 11) is 0. The summed E-state index contributed by atoms with van der Waals surface area (Å²) < 4.78 is 16.9. The summed E-state index contributed by atoms with van der Waals surface area (Å²) in [6, 6.07) is 13.4. The van der Waals surface area contributed by atoms with Crippen LogP contribution in [0.5, 0.6) is 17.2 Å². The molecule has 0 spiro atoms. The Kier molecular flexibility index (Phi) is 5.18. The van der Waals surface area contributed by atoms with Gasteiger partial charge in [-0.25, -0.2) is 0 Å². The largest absolute Gasteiger partial charge is 0.486 e. The Morgan fingerprint density at radius 1 is 0.968 bits per heavy atom. The minimum atomic E-state index is -0.212. The van der Waals surface area contributed by atoms with E-state index < -0.39 is 0 Å². The smallest absolute Gasteiger partial charge is 0.265 e. The maximum Gasteiger partial charge on any atom is 0.265 e. The fourth-order valence-corrected chi connectivity index (χ4v) is 4.79. The minimum Gasteiger partial charge on any atom is -0.486 e. The number of amides is 2. The van der Waals surface area contributed by atoms with Crippen LogP contribution in [0.25, 0.3) is 0 Å². The first-order valence-corrected chi connectivity index (χ1v) is 10.8. The van der Waals surface area contributed by atoms with Gasteiger partial charge in [0, 0.05) is 12.0 Å². The van der Waals surface area contributed by atoms with Crippen molar-refractivity contribution in [1.29, 1.82) is 0 Å². The minimum absolute atomic E-state index is 0.0174. The number of fused-ring (bicyclic) bond motifs is 2. The SMILES string of the molecule is O=C(CN1C(=O)COc2ccccc21)NCC1(c2ccc3c(c2)OCCO3)CCCC1. The molecule has 2 heterocycles. The van der Waals surface area contributed by atoms with E-state index in [2.05, 4.69) is 17.4 Å². The van der Waals surface area contributed by atoms with E-state index in [9.17, 15) is 9.59 Å².